The van der Waals surface area contributed by atoms with Crippen LogP contribution in [-0.4, -0.2) is 42.1 Å². The molecule has 0 radical (unpaired) electrons. The van der Waals surface area contributed by atoms with Gasteiger partial charge in [0, 0.05) is 18.7 Å². The van der Waals surface area contributed by atoms with Gasteiger partial charge >= 0.3 is 5.97 Å². The highest BCUT2D eigenvalue weighted by atomic mass is 35.5. The fourth-order valence-electron chi connectivity index (χ4n) is 3.24. The first-order valence-electron chi connectivity index (χ1n) is 7.37. The number of halogens is 1. The van der Waals surface area contributed by atoms with Crippen LogP contribution in [0.1, 0.15) is 23.2 Å². The van der Waals surface area contributed by atoms with E-state index in [4.69, 9.17) is 16.3 Å². The number of aliphatic carboxylic acids is 1. The molecule has 5 nitrogen and oxygen atoms in total. The lowest BCUT2D eigenvalue weighted by atomic mass is 9.92. The van der Waals surface area contributed by atoms with Crippen molar-refractivity contribution in [3.63, 3.8) is 0 Å². The van der Waals surface area contributed by atoms with Gasteiger partial charge in [-0.15, -0.1) is 0 Å². The van der Waals surface area contributed by atoms with Crippen molar-refractivity contribution in [2.45, 2.75) is 12.8 Å². The Morgan fingerprint density at radius 1 is 1.32 bits per heavy atom. The fourth-order valence-corrected chi connectivity index (χ4v) is 3.50. The number of likely N-dealkylation sites (tertiary alicyclic amines) is 1. The maximum atomic E-state index is 12.6. The standard InChI is InChI=1S/C16H18ClNO4/c1-22-14-5-4-10(6-13(14)17)15(19)18-7-11(9-2-3-9)12(8-18)16(20)21/h4-6,9,11-12H,2-3,7-8H2,1H3,(H,20,21)/t11-,12+/m1/s1. The van der Waals surface area contributed by atoms with E-state index in [1.165, 1.54) is 7.11 Å². The summed E-state index contributed by atoms with van der Waals surface area (Å²) in [4.78, 5) is 25.6. The minimum atomic E-state index is -0.806. The molecule has 1 saturated heterocycles. The molecule has 1 aliphatic heterocycles. The highest BCUT2D eigenvalue weighted by Crippen LogP contribution is 2.44. The van der Waals surface area contributed by atoms with E-state index in [2.05, 4.69) is 0 Å². The summed E-state index contributed by atoms with van der Waals surface area (Å²) in [6.07, 6.45) is 2.15. The molecule has 1 aromatic carbocycles. The summed E-state index contributed by atoms with van der Waals surface area (Å²) in [5, 5.41) is 9.74. The molecular weight excluding hydrogens is 306 g/mol. The number of carboxylic acid groups (broad SMARTS) is 1. The molecule has 22 heavy (non-hydrogen) atoms. The second-order valence-electron chi connectivity index (χ2n) is 6.01. The zero-order valence-electron chi connectivity index (χ0n) is 12.3. The zero-order chi connectivity index (χ0) is 15.9. The molecule has 0 aromatic heterocycles. The molecule has 0 bridgehead atoms. The molecule has 1 heterocycles. The number of ether oxygens (including phenoxy) is 1. The maximum Gasteiger partial charge on any atom is 0.308 e. The summed E-state index contributed by atoms with van der Waals surface area (Å²) in [5.41, 5.74) is 0.464. The van der Waals surface area contributed by atoms with Crippen molar-refractivity contribution in [1.29, 1.82) is 0 Å². The molecule has 2 aliphatic rings. The largest absolute Gasteiger partial charge is 0.495 e. The second kappa shape index (κ2) is 5.80. The predicted molar refractivity (Wildman–Crippen MR) is 81.2 cm³/mol. The average molecular weight is 324 g/mol. The molecule has 118 valence electrons. The van der Waals surface area contributed by atoms with E-state index in [0.29, 0.717) is 28.8 Å². The van der Waals surface area contributed by atoms with E-state index < -0.39 is 11.9 Å². The molecule has 1 aliphatic carbocycles. The summed E-state index contributed by atoms with van der Waals surface area (Å²) >= 11 is 6.06. The monoisotopic (exact) mass is 323 g/mol. The Balaban J connectivity index is 1.77. The molecule has 0 spiro atoms. The number of carbonyl (C=O) groups is 2. The van der Waals surface area contributed by atoms with Gasteiger partial charge in [-0.05, 0) is 42.9 Å². The Kier molecular flexibility index (Phi) is 4.00. The Bertz CT molecular complexity index is 614. The first-order valence-corrected chi connectivity index (χ1v) is 7.74. The SMILES string of the molecule is COc1ccc(C(=O)N2C[C@H](C(=O)O)[C@@H](C3CC3)C2)cc1Cl. The van der Waals surface area contributed by atoms with Gasteiger partial charge in [0.15, 0.2) is 0 Å². The Labute approximate surface area is 133 Å². The van der Waals surface area contributed by atoms with Crippen molar-refractivity contribution in [2.24, 2.45) is 17.8 Å². The van der Waals surface area contributed by atoms with E-state index in [0.717, 1.165) is 12.8 Å². The van der Waals surface area contributed by atoms with E-state index >= 15 is 0 Å². The molecule has 2 fully saturated rings. The lowest BCUT2D eigenvalue weighted by Crippen LogP contribution is -2.29. The smallest absolute Gasteiger partial charge is 0.308 e. The number of hydrogen-bond acceptors (Lipinski definition) is 3. The third-order valence-electron chi connectivity index (χ3n) is 4.60. The molecule has 0 unspecified atom stereocenters. The fraction of sp³-hybridized carbons (Fsp3) is 0.500. The van der Waals surface area contributed by atoms with Crippen LogP contribution in [0.2, 0.25) is 5.02 Å². The summed E-state index contributed by atoms with van der Waals surface area (Å²) in [7, 11) is 1.51. The van der Waals surface area contributed by atoms with Gasteiger partial charge in [-0.1, -0.05) is 11.6 Å². The van der Waals surface area contributed by atoms with Crippen LogP contribution in [0, 0.1) is 17.8 Å². The number of carboxylic acids is 1. The van der Waals surface area contributed by atoms with Crippen LogP contribution in [0.25, 0.3) is 0 Å². The average Bonchev–Trinajstić information content (AvgIpc) is 3.24. The Hall–Kier alpha value is -1.75. The minimum absolute atomic E-state index is 0.0789. The summed E-state index contributed by atoms with van der Waals surface area (Å²) in [6.45, 7) is 0.795. The molecule has 1 amide bonds. The number of hydrogen-bond donors (Lipinski definition) is 1. The highest BCUT2D eigenvalue weighted by Gasteiger charge is 2.46. The van der Waals surface area contributed by atoms with Crippen LogP contribution in [0.3, 0.4) is 0 Å². The predicted octanol–water partition coefficient (Wildman–Crippen LogP) is 2.53. The molecule has 1 saturated carbocycles. The number of rotatable bonds is 4. The van der Waals surface area contributed by atoms with Gasteiger partial charge in [0.2, 0.25) is 0 Å². The van der Waals surface area contributed by atoms with Gasteiger partial charge in [0.1, 0.15) is 5.75 Å². The van der Waals surface area contributed by atoms with Gasteiger partial charge < -0.3 is 14.7 Å². The summed E-state index contributed by atoms with van der Waals surface area (Å²) in [6, 6.07) is 4.88. The lowest BCUT2D eigenvalue weighted by Gasteiger charge is -2.17. The zero-order valence-corrected chi connectivity index (χ0v) is 13.0. The second-order valence-corrected chi connectivity index (χ2v) is 6.41. The topological polar surface area (TPSA) is 66.8 Å². The van der Waals surface area contributed by atoms with Crippen molar-refractivity contribution in [1.82, 2.24) is 4.90 Å². The number of methoxy groups -OCH3 is 1. The van der Waals surface area contributed by atoms with E-state index in [1.54, 1.807) is 23.1 Å². The first kappa shape index (κ1) is 15.2. The Morgan fingerprint density at radius 3 is 2.59 bits per heavy atom. The number of nitrogens with zero attached hydrogens (tertiary/aromatic N) is 1. The normalized spacial score (nSPS) is 24.4. The van der Waals surface area contributed by atoms with Gasteiger partial charge in [-0.25, -0.2) is 0 Å². The minimum Gasteiger partial charge on any atom is -0.495 e. The third-order valence-corrected chi connectivity index (χ3v) is 4.89. The Morgan fingerprint density at radius 2 is 2.05 bits per heavy atom. The van der Waals surface area contributed by atoms with Gasteiger partial charge in [-0.3, -0.25) is 9.59 Å². The third kappa shape index (κ3) is 2.77. The van der Waals surface area contributed by atoms with Crippen molar-refractivity contribution in [3.8, 4) is 5.75 Å². The van der Waals surface area contributed by atoms with Crippen LogP contribution < -0.4 is 4.74 Å². The van der Waals surface area contributed by atoms with Crippen LogP contribution in [0.4, 0.5) is 0 Å². The number of carbonyl (C=O) groups excluding carboxylic acids is 1. The van der Waals surface area contributed by atoms with Crippen LogP contribution in [0.5, 0.6) is 5.75 Å². The first-order chi connectivity index (χ1) is 10.5. The van der Waals surface area contributed by atoms with Crippen molar-refractivity contribution in [2.75, 3.05) is 20.2 Å². The molecule has 2 atom stereocenters. The molecule has 1 aromatic rings. The molecule has 6 heteroatoms. The number of amides is 1. The summed E-state index contributed by atoms with van der Waals surface area (Å²) in [5.74, 6) is -0.378. The van der Waals surface area contributed by atoms with Gasteiger partial charge in [0.25, 0.3) is 5.91 Å². The van der Waals surface area contributed by atoms with Gasteiger partial charge in [0.05, 0.1) is 18.1 Å². The van der Waals surface area contributed by atoms with Crippen molar-refractivity contribution in [3.05, 3.63) is 28.8 Å². The van der Waals surface area contributed by atoms with Crippen molar-refractivity contribution >= 4 is 23.5 Å². The molecule has 3 rings (SSSR count). The van der Waals surface area contributed by atoms with E-state index in [1.807, 2.05) is 0 Å². The van der Waals surface area contributed by atoms with Crippen molar-refractivity contribution < 1.29 is 19.4 Å². The van der Waals surface area contributed by atoms with E-state index in [-0.39, 0.29) is 18.4 Å². The number of benzene rings is 1. The van der Waals surface area contributed by atoms with Gasteiger partial charge in [-0.2, -0.15) is 0 Å². The summed E-state index contributed by atoms with van der Waals surface area (Å²) < 4.78 is 5.08. The van der Waals surface area contributed by atoms with Crippen LogP contribution in [-0.2, 0) is 4.79 Å². The molecule has 1 N–H and O–H groups in total. The molecular formula is C16H18ClNO4. The lowest BCUT2D eigenvalue weighted by molar-refractivity contribution is -0.142. The van der Waals surface area contributed by atoms with E-state index in [9.17, 15) is 14.7 Å². The highest BCUT2D eigenvalue weighted by molar-refractivity contribution is 6.32. The maximum absolute atomic E-state index is 12.6. The van der Waals surface area contributed by atoms with Crippen LogP contribution >= 0.6 is 11.6 Å². The van der Waals surface area contributed by atoms with Crippen LogP contribution in [0.15, 0.2) is 18.2 Å². The quantitative estimate of drug-likeness (QED) is 0.924.